The van der Waals surface area contributed by atoms with Crippen molar-refractivity contribution >= 4 is 27.2 Å². The molecule has 3 aromatic rings. The molecule has 0 spiro atoms. The second kappa shape index (κ2) is 10.5. The number of rotatable bonds is 8. The first-order valence-electron chi connectivity index (χ1n) is 12.3. The lowest BCUT2D eigenvalue weighted by Gasteiger charge is -2.30. The van der Waals surface area contributed by atoms with Gasteiger partial charge in [0.2, 0.25) is 5.91 Å². The quantitative estimate of drug-likeness (QED) is 0.478. The maximum Gasteiger partial charge on any atom is 0.246 e. The van der Waals surface area contributed by atoms with Gasteiger partial charge in [-0.25, -0.2) is 22.2 Å². The molecule has 10 heteroatoms. The normalized spacial score (nSPS) is 16.1. The summed E-state index contributed by atoms with van der Waals surface area (Å²) in [7, 11) is -3.23. The first kappa shape index (κ1) is 25.3. The summed E-state index contributed by atoms with van der Waals surface area (Å²) in [6.45, 7) is 2.38. The summed E-state index contributed by atoms with van der Waals surface area (Å²) in [5.74, 6) is -0.861. The third-order valence-corrected chi connectivity index (χ3v) is 8.37. The maximum atomic E-state index is 14.3. The molecule has 7 nitrogen and oxygen atoms in total. The molecule has 1 aromatic heterocycles. The molecule has 1 amide bonds. The van der Waals surface area contributed by atoms with Crippen LogP contribution in [0.5, 0.6) is 0 Å². The first-order valence-corrected chi connectivity index (χ1v) is 14.1. The van der Waals surface area contributed by atoms with Crippen molar-refractivity contribution in [1.29, 1.82) is 0 Å². The number of halogens is 2. The standard InChI is InChI=1S/C27H28F2N4O3S/c28-23-7-8-24(29)22(13-23)17-33-25-14-21(15-30-27(25)31-16-26(33)34)20-5-3-19(4-6-20)18-37(35,36)12-11-32-9-1-2-10-32/h3-8,13-15H,1-2,9-12,16-18H2,(H,30,31). The fraction of sp³-hybridized carbons (Fsp3) is 0.333. The Labute approximate surface area is 215 Å². The number of fused-ring (bicyclic) bond motifs is 1. The molecule has 0 atom stereocenters. The molecule has 37 heavy (non-hydrogen) atoms. The predicted molar refractivity (Wildman–Crippen MR) is 139 cm³/mol. The molecule has 3 heterocycles. The van der Waals surface area contributed by atoms with Crippen molar-refractivity contribution in [2.75, 3.05) is 42.1 Å². The molecule has 5 rings (SSSR count). The lowest BCUT2D eigenvalue weighted by molar-refractivity contribution is -0.117. The first-order chi connectivity index (χ1) is 17.8. The number of amides is 1. The van der Waals surface area contributed by atoms with E-state index in [1.807, 2.05) is 12.1 Å². The van der Waals surface area contributed by atoms with Crippen LogP contribution in [-0.2, 0) is 26.9 Å². The molecular weight excluding hydrogens is 498 g/mol. The van der Waals surface area contributed by atoms with Crippen LogP contribution < -0.4 is 10.2 Å². The van der Waals surface area contributed by atoms with Crippen LogP contribution in [0, 0.1) is 11.6 Å². The number of likely N-dealkylation sites (tertiary alicyclic amines) is 1. The zero-order chi connectivity index (χ0) is 26.0. The van der Waals surface area contributed by atoms with Crippen LogP contribution in [0.2, 0.25) is 0 Å². The van der Waals surface area contributed by atoms with Gasteiger partial charge < -0.3 is 15.1 Å². The summed E-state index contributed by atoms with van der Waals surface area (Å²) in [6, 6.07) is 12.1. The van der Waals surface area contributed by atoms with Gasteiger partial charge in [-0.3, -0.25) is 4.79 Å². The molecule has 0 bridgehead atoms. The zero-order valence-electron chi connectivity index (χ0n) is 20.3. The minimum Gasteiger partial charge on any atom is -0.359 e. The largest absolute Gasteiger partial charge is 0.359 e. The van der Waals surface area contributed by atoms with E-state index in [0.29, 0.717) is 29.2 Å². The lowest BCUT2D eigenvalue weighted by Crippen LogP contribution is -2.40. The van der Waals surface area contributed by atoms with Crippen molar-refractivity contribution in [2.45, 2.75) is 25.1 Å². The molecule has 0 unspecified atom stereocenters. The molecule has 2 aliphatic rings. The molecule has 0 saturated carbocycles. The van der Waals surface area contributed by atoms with Crippen LogP contribution in [0.25, 0.3) is 11.1 Å². The van der Waals surface area contributed by atoms with Crippen LogP contribution in [-0.4, -0.2) is 56.1 Å². The molecule has 1 fully saturated rings. The predicted octanol–water partition coefficient (Wildman–Crippen LogP) is 4.00. The number of nitrogens with one attached hydrogen (secondary N) is 1. The SMILES string of the molecule is O=C1CNc2ncc(-c3ccc(CS(=O)(=O)CCN4CCCC4)cc3)cc2N1Cc1cc(F)ccc1F. The number of carbonyl (C=O) groups is 1. The number of sulfone groups is 1. The number of pyridine rings is 1. The van der Waals surface area contributed by atoms with Crippen molar-refractivity contribution in [3.05, 3.63) is 77.5 Å². The van der Waals surface area contributed by atoms with E-state index >= 15 is 0 Å². The highest BCUT2D eigenvalue weighted by atomic mass is 32.2. The Balaban J connectivity index is 1.33. The monoisotopic (exact) mass is 526 g/mol. The highest BCUT2D eigenvalue weighted by Gasteiger charge is 2.26. The van der Waals surface area contributed by atoms with E-state index in [-0.39, 0.29) is 36.1 Å². The number of anilines is 2. The van der Waals surface area contributed by atoms with Crippen molar-refractivity contribution in [1.82, 2.24) is 9.88 Å². The van der Waals surface area contributed by atoms with Crippen LogP contribution in [0.3, 0.4) is 0 Å². The van der Waals surface area contributed by atoms with Crippen molar-refractivity contribution < 1.29 is 22.0 Å². The Morgan fingerprint density at radius 3 is 2.49 bits per heavy atom. The van der Waals surface area contributed by atoms with Crippen LogP contribution in [0.4, 0.5) is 20.3 Å². The van der Waals surface area contributed by atoms with E-state index in [9.17, 15) is 22.0 Å². The summed E-state index contributed by atoms with van der Waals surface area (Å²) in [6.07, 6.45) is 3.91. The Bertz CT molecular complexity index is 1410. The lowest BCUT2D eigenvalue weighted by atomic mass is 10.0. The van der Waals surface area contributed by atoms with Gasteiger partial charge in [-0.05, 0) is 61.3 Å². The molecule has 1 saturated heterocycles. The van der Waals surface area contributed by atoms with E-state index in [1.54, 1.807) is 24.4 Å². The summed E-state index contributed by atoms with van der Waals surface area (Å²) in [5.41, 5.74) is 2.75. The summed E-state index contributed by atoms with van der Waals surface area (Å²) < 4.78 is 53.2. The second-order valence-electron chi connectivity index (χ2n) is 9.50. The number of hydrogen-bond acceptors (Lipinski definition) is 6. The van der Waals surface area contributed by atoms with E-state index in [0.717, 1.165) is 49.7 Å². The van der Waals surface area contributed by atoms with Crippen molar-refractivity contribution in [3.63, 3.8) is 0 Å². The number of benzene rings is 2. The van der Waals surface area contributed by atoms with Gasteiger partial charge in [-0.15, -0.1) is 0 Å². The minimum absolute atomic E-state index is 0.00277. The van der Waals surface area contributed by atoms with Gasteiger partial charge >= 0.3 is 0 Å². The van der Waals surface area contributed by atoms with Gasteiger partial charge in [-0.2, -0.15) is 0 Å². The topological polar surface area (TPSA) is 82.6 Å². The van der Waals surface area contributed by atoms with Gasteiger partial charge in [-0.1, -0.05) is 24.3 Å². The Kier molecular flexibility index (Phi) is 7.21. The smallest absolute Gasteiger partial charge is 0.246 e. The molecule has 194 valence electrons. The summed E-state index contributed by atoms with van der Waals surface area (Å²) >= 11 is 0. The fourth-order valence-electron chi connectivity index (χ4n) is 4.74. The van der Waals surface area contributed by atoms with Crippen molar-refractivity contribution in [3.8, 4) is 11.1 Å². The summed E-state index contributed by atoms with van der Waals surface area (Å²) in [5, 5.41) is 2.96. The molecule has 0 aliphatic carbocycles. The number of carbonyl (C=O) groups excluding carboxylic acids is 1. The average molecular weight is 527 g/mol. The van der Waals surface area contributed by atoms with Gasteiger partial charge in [0.05, 0.1) is 30.3 Å². The van der Waals surface area contributed by atoms with Gasteiger partial charge in [0.15, 0.2) is 15.7 Å². The Morgan fingerprint density at radius 1 is 0.973 bits per heavy atom. The molecular formula is C27H28F2N4O3S. The molecule has 2 aliphatic heterocycles. The number of hydrogen-bond donors (Lipinski definition) is 1. The van der Waals surface area contributed by atoms with Gasteiger partial charge in [0.25, 0.3) is 0 Å². The van der Waals surface area contributed by atoms with Crippen molar-refractivity contribution in [2.24, 2.45) is 0 Å². The number of nitrogens with zero attached hydrogens (tertiary/aromatic N) is 3. The molecule has 0 radical (unpaired) electrons. The highest BCUT2D eigenvalue weighted by molar-refractivity contribution is 7.90. The minimum atomic E-state index is -3.23. The average Bonchev–Trinajstić information content (AvgIpc) is 3.41. The second-order valence-corrected chi connectivity index (χ2v) is 11.7. The third kappa shape index (κ3) is 5.97. The zero-order valence-corrected chi connectivity index (χ0v) is 21.1. The fourth-order valence-corrected chi connectivity index (χ4v) is 6.13. The van der Waals surface area contributed by atoms with E-state index in [1.165, 1.54) is 4.90 Å². The molecule has 2 aromatic carbocycles. The Morgan fingerprint density at radius 2 is 1.73 bits per heavy atom. The Hall–Kier alpha value is -3.37. The highest BCUT2D eigenvalue weighted by Crippen LogP contribution is 2.33. The van der Waals surface area contributed by atoms with E-state index in [2.05, 4.69) is 15.2 Å². The number of aromatic nitrogens is 1. The maximum absolute atomic E-state index is 14.3. The van der Waals surface area contributed by atoms with E-state index < -0.39 is 21.5 Å². The van der Waals surface area contributed by atoms with E-state index in [4.69, 9.17) is 0 Å². The van der Waals surface area contributed by atoms with Crippen LogP contribution in [0.1, 0.15) is 24.0 Å². The van der Waals surface area contributed by atoms with Gasteiger partial charge in [0.1, 0.15) is 11.6 Å². The van der Waals surface area contributed by atoms with Crippen LogP contribution in [0.15, 0.2) is 54.7 Å². The molecule has 1 N–H and O–H groups in total. The summed E-state index contributed by atoms with van der Waals surface area (Å²) in [4.78, 5) is 20.7. The third-order valence-electron chi connectivity index (χ3n) is 6.79. The van der Waals surface area contributed by atoms with Crippen LogP contribution >= 0.6 is 0 Å². The van der Waals surface area contributed by atoms with Gasteiger partial charge in [0, 0.05) is 23.9 Å².